The average molecular weight is 298 g/mol. The summed E-state index contributed by atoms with van der Waals surface area (Å²) < 4.78 is 27.8. The number of ether oxygens (including phenoxy) is 1. The number of carbonyl (C=O) groups excluding carboxylic acids is 1. The summed E-state index contributed by atoms with van der Waals surface area (Å²) in [6.07, 6.45) is -0.180. The quantitative estimate of drug-likeness (QED) is 0.478. The number of carbonyl (C=O) groups is 1. The minimum Gasteiger partial charge on any atom is -0.466 e. The second-order valence-electron chi connectivity index (χ2n) is 4.14. The second kappa shape index (κ2) is 8.97. The fourth-order valence-corrected chi connectivity index (χ4v) is 5.10. The number of rotatable bonds is 9. The van der Waals surface area contributed by atoms with E-state index in [-0.39, 0.29) is 24.6 Å². The maximum Gasteiger partial charge on any atom is 0.389 e. The molecule has 18 heavy (non-hydrogen) atoms. The maximum absolute atomic E-state index is 12.3. The summed E-state index contributed by atoms with van der Waals surface area (Å²) in [6, 6.07) is 0. The minimum absolute atomic E-state index is 0.190. The van der Waals surface area contributed by atoms with E-state index in [1.165, 1.54) is 0 Å². The van der Waals surface area contributed by atoms with Crippen molar-refractivity contribution in [2.45, 2.75) is 53.2 Å². The molecule has 0 atom stereocenters. The summed E-state index contributed by atoms with van der Waals surface area (Å²) in [5.41, 5.74) is 0. The Labute approximate surface area is 113 Å². The Hall–Kier alpha value is -0.0300. The maximum atomic E-state index is 12.3. The zero-order chi connectivity index (χ0) is 14.2. The highest BCUT2D eigenvalue weighted by Gasteiger charge is 2.28. The molecule has 108 valence electrons. The lowest BCUT2D eigenvalue weighted by Gasteiger charge is -2.21. The molecule has 0 radical (unpaired) electrons. The molecule has 0 fully saturated rings. The Morgan fingerprint density at radius 2 is 1.67 bits per heavy atom. The van der Waals surface area contributed by atoms with E-state index in [2.05, 4.69) is 0 Å². The van der Waals surface area contributed by atoms with E-state index in [1.54, 1.807) is 34.6 Å². The normalized spacial score (nSPS) is 12.2. The highest BCUT2D eigenvalue weighted by atomic mass is 32.7. The topological polar surface area (TPSA) is 61.8 Å². The first-order valence-corrected chi connectivity index (χ1v) is 9.19. The van der Waals surface area contributed by atoms with Gasteiger partial charge in [-0.05, 0) is 46.0 Å². The number of hydrogen-bond donors (Lipinski definition) is 0. The zero-order valence-electron chi connectivity index (χ0n) is 11.7. The lowest BCUT2D eigenvalue weighted by atomic mass is 10.5. The molecule has 0 heterocycles. The van der Waals surface area contributed by atoms with Crippen LogP contribution in [0.25, 0.3) is 0 Å². The molecule has 0 aromatic heterocycles. The van der Waals surface area contributed by atoms with Crippen LogP contribution in [0.1, 0.15) is 41.0 Å². The fourth-order valence-electron chi connectivity index (χ4n) is 1.08. The van der Waals surface area contributed by atoms with Crippen molar-refractivity contribution in [2.24, 2.45) is 0 Å². The summed E-state index contributed by atoms with van der Waals surface area (Å²) in [4.78, 5) is 11.2. The SMILES string of the molecule is CCOC(=O)CCSP(=O)(OC(C)C)OC(C)C. The molecule has 0 saturated heterocycles. The van der Waals surface area contributed by atoms with E-state index in [0.717, 1.165) is 11.4 Å². The molecule has 0 aromatic carbocycles. The zero-order valence-corrected chi connectivity index (χ0v) is 13.4. The van der Waals surface area contributed by atoms with Gasteiger partial charge < -0.3 is 4.74 Å². The Bertz CT molecular complexity index is 279. The third-order valence-electron chi connectivity index (χ3n) is 1.54. The van der Waals surface area contributed by atoms with Crippen molar-refractivity contribution >= 4 is 24.1 Å². The molecule has 7 heteroatoms. The average Bonchev–Trinajstić information content (AvgIpc) is 2.14. The lowest BCUT2D eigenvalue weighted by Crippen LogP contribution is -2.08. The summed E-state index contributed by atoms with van der Waals surface area (Å²) in [5.74, 6) is 0.0564. The van der Waals surface area contributed by atoms with Gasteiger partial charge in [-0.1, -0.05) is 0 Å². The van der Waals surface area contributed by atoms with E-state index in [9.17, 15) is 9.36 Å². The highest BCUT2D eigenvalue weighted by Crippen LogP contribution is 2.62. The fraction of sp³-hybridized carbons (Fsp3) is 0.909. The van der Waals surface area contributed by atoms with Gasteiger partial charge in [0.2, 0.25) is 0 Å². The van der Waals surface area contributed by atoms with Crippen LogP contribution in [0.3, 0.4) is 0 Å². The van der Waals surface area contributed by atoms with Crippen molar-refractivity contribution in [1.29, 1.82) is 0 Å². The van der Waals surface area contributed by atoms with E-state index in [1.807, 2.05) is 0 Å². The van der Waals surface area contributed by atoms with Crippen LogP contribution in [0, 0.1) is 0 Å². The predicted molar refractivity (Wildman–Crippen MR) is 73.8 cm³/mol. The summed E-state index contributed by atoms with van der Waals surface area (Å²) in [5, 5.41) is 0. The summed E-state index contributed by atoms with van der Waals surface area (Å²) in [7, 11) is 0. The predicted octanol–water partition coefficient (Wildman–Crippen LogP) is 3.63. The van der Waals surface area contributed by atoms with Crippen molar-refractivity contribution in [2.75, 3.05) is 12.4 Å². The highest BCUT2D eigenvalue weighted by molar-refractivity contribution is 8.55. The molecule has 0 saturated carbocycles. The monoisotopic (exact) mass is 298 g/mol. The third kappa shape index (κ3) is 8.97. The first kappa shape index (κ1) is 18.0. The summed E-state index contributed by atoms with van der Waals surface area (Å²) in [6.45, 7) is 6.08. The van der Waals surface area contributed by atoms with Gasteiger partial charge in [0, 0.05) is 5.75 Å². The van der Waals surface area contributed by atoms with Gasteiger partial charge in [0.15, 0.2) is 0 Å². The van der Waals surface area contributed by atoms with E-state index in [0.29, 0.717) is 12.4 Å². The van der Waals surface area contributed by atoms with Gasteiger partial charge in [-0.2, -0.15) is 0 Å². The minimum atomic E-state index is -3.20. The molecule has 0 aliphatic carbocycles. The van der Waals surface area contributed by atoms with Gasteiger partial charge in [-0.25, -0.2) is 4.57 Å². The lowest BCUT2D eigenvalue weighted by molar-refractivity contribution is -0.142. The molecule has 0 bridgehead atoms. The first-order chi connectivity index (χ1) is 8.29. The van der Waals surface area contributed by atoms with Gasteiger partial charge in [0.1, 0.15) is 0 Å². The third-order valence-corrected chi connectivity index (χ3v) is 5.62. The Kier molecular flexibility index (Phi) is 8.95. The number of esters is 1. The standard InChI is InChI=1S/C11H23O5PS/c1-6-14-11(12)7-8-18-17(13,15-9(2)3)16-10(4)5/h9-10H,6-8H2,1-5H3. The van der Waals surface area contributed by atoms with Crippen molar-refractivity contribution in [3.8, 4) is 0 Å². The van der Waals surface area contributed by atoms with Crippen molar-refractivity contribution in [3.63, 3.8) is 0 Å². The van der Waals surface area contributed by atoms with Crippen LogP contribution in [0.2, 0.25) is 0 Å². The molecule has 0 spiro atoms. The molecule has 0 unspecified atom stereocenters. The molecular weight excluding hydrogens is 275 g/mol. The van der Waals surface area contributed by atoms with Crippen molar-refractivity contribution in [3.05, 3.63) is 0 Å². The number of hydrogen-bond acceptors (Lipinski definition) is 6. The smallest absolute Gasteiger partial charge is 0.389 e. The van der Waals surface area contributed by atoms with Crippen LogP contribution < -0.4 is 0 Å². The van der Waals surface area contributed by atoms with Crippen LogP contribution in [-0.2, 0) is 23.1 Å². The molecule has 0 aromatic rings. The molecule has 0 amide bonds. The van der Waals surface area contributed by atoms with E-state index in [4.69, 9.17) is 13.8 Å². The van der Waals surface area contributed by atoms with E-state index >= 15 is 0 Å². The van der Waals surface area contributed by atoms with Gasteiger partial charge in [0.25, 0.3) is 0 Å². The van der Waals surface area contributed by atoms with Gasteiger partial charge >= 0.3 is 12.8 Å². The van der Waals surface area contributed by atoms with Gasteiger partial charge in [-0.3, -0.25) is 13.8 Å². The van der Waals surface area contributed by atoms with Crippen molar-refractivity contribution < 1.29 is 23.1 Å². The second-order valence-corrected chi connectivity index (χ2v) is 8.24. The molecule has 0 aliphatic rings. The van der Waals surface area contributed by atoms with Crippen LogP contribution in [-0.4, -0.2) is 30.5 Å². The van der Waals surface area contributed by atoms with Crippen LogP contribution >= 0.6 is 18.2 Å². The van der Waals surface area contributed by atoms with Crippen LogP contribution in [0.4, 0.5) is 0 Å². The molecule has 5 nitrogen and oxygen atoms in total. The molecule has 0 aliphatic heterocycles. The molecular formula is C11H23O5PS. The van der Waals surface area contributed by atoms with Crippen LogP contribution in [0.15, 0.2) is 0 Å². The van der Waals surface area contributed by atoms with Gasteiger partial charge in [0.05, 0.1) is 25.2 Å². The van der Waals surface area contributed by atoms with E-state index < -0.39 is 6.80 Å². The Morgan fingerprint density at radius 3 is 2.06 bits per heavy atom. The van der Waals surface area contributed by atoms with Crippen LogP contribution in [0.5, 0.6) is 0 Å². The first-order valence-electron chi connectivity index (χ1n) is 6.06. The summed E-state index contributed by atoms with van der Waals surface area (Å²) >= 11 is 1.04. The van der Waals surface area contributed by atoms with Gasteiger partial charge in [-0.15, -0.1) is 0 Å². The Morgan fingerprint density at radius 1 is 1.17 bits per heavy atom. The molecule has 0 rings (SSSR count). The largest absolute Gasteiger partial charge is 0.466 e. The van der Waals surface area contributed by atoms with Crippen molar-refractivity contribution in [1.82, 2.24) is 0 Å². The molecule has 0 N–H and O–H groups in total. The Balaban J connectivity index is 4.25.